The molecule has 0 aliphatic carbocycles. The minimum Gasteiger partial charge on any atom is -0.508 e. The molecule has 228 valence electrons. The number of phenols is 2. The first-order valence-electron chi connectivity index (χ1n) is 12.9. The first kappa shape index (κ1) is 31.3. The van der Waals surface area contributed by atoms with Gasteiger partial charge in [0.1, 0.15) is 53.9 Å². The zero-order valence-electron chi connectivity index (χ0n) is 22.3. The molecule has 2 aliphatic heterocycles. The number of carbonyl (C=O) groups is 2. The Labute approximate surface area is 239 Å². The van der Waals surface area contributed by atoms with Gasteiger partial charge in [0, 0.05) is 13.0 Å². The van der Waals surface area contributed by atoms with E-state index >= 15 is 0 Å². The van der Waals surface area contributed by atoms with Crippen molar-refractivity contribution in [1.29, 1.82) is 0 Å². The van der Waals surface area contributed by atoms with E-state index in [0.29, 0.717) is 5.56 Å². The van der Waals surface area contributed by atoms with Gasteiger partial charge in [-0.1, -0.05) is 18.2 Å². The zero-order chi connectivity index (χ0) is 30.6. The molecule has 7 N–H and O–H groups in total. The first-order chi connectivity index (χ1) is 19.9. The average molecular weight is 593 g/mol. The van der Waals surface area contributed by atoms with E-state index in [2.05, 4.69) is 0 Å². The maximum Gasteiger partial charge on any atom is 0.302 e. The summed E-state index contributed by atoms with van der Waals surface area (Å²) < 4.78 is 27.4. The molecule has 0 saturated carbocycles. The largest absolute Gasteiger partial charge is 0.508 e. The van der Waals surface area contributed by atoms with Crippen molar-refractivity contribution >= 4 is 17.8 Å². The second-order valence-electron chi connectivity index (χ2n) is 9.90. The Morgan fingerprint density at radius 3 is 2.38 bits per heavy atom. The van der Waals surface area contributed by atoms with E-state index in [1.54, 1.807) is 12.1 Å². The Kier molecular flexibility index (Phi) is 9.81. The molecule has 0 radical (unpaired) electrons. The van der Waals surface area contributed by atoms with Gasteiger partial charge >= 0.3 is 5.97 Å². The number of hydrogen-bond acceptors (Lipinski definition) is 14. The summed E-state index contributed by atoms with van der Waals surface area (Å²) in [5.41, 5.74) is -1.44. The molecule has 2 heterocycles. The van der Waals surface area contributed by atoms with Gasteiger partial charge in [-0.25, -0.2) is 0 Å². The molecule has 2 aromatic rings. The Hall–Kier alpha value is -3.60. The van der Waals surface area contributed by atoms with E-state index < -0.39 is 80.3 Å². The lowest BCUT2D eigenvalue weighted by molar-refractivity contribution is -0.319. The van der Waals surface area contributed by atoms with Crippen LogP contribution in [0.3, 0.4) is 0 Å². The summed E-state index contributed by atoms with van der Waals surface area (Å²) >= 11 is 0. The van der Waals surface area contributed by atoms with Crippen LogP contribution in [0.1, 0.15) is 22.8 Å². The fraction of sp³-hybridized carbons (Fsp3) is 0.429. The van der Waals surface area contributed by atoms with Crippen molar-refractivity contribution in [3.05, 3.63) is 59.7 Å². The summed E-state index contributed by atoms with van der Waals surface area (Å²) in [5.74, 6) is -1.50. The highest BCUT2D eigenvalue weighted by Crippen LogP contribution is 2.32. The van der Waals surface area contributed by atoms with Gasteiger partial charge in [-0.3, -0.25) is 9.59 Å². The minimum atomic E-state index is -2.01. The number of ketones is 1. The number of rotatable bonds is 10. The lowest BCUT2D eigenvalue weighted by Crippen LogP contribution is -2.62. The lowest BCUT2D eigenvalue weighted by atomic mass is 9.98. The first-order valence-corrected chi connectivity index (χ1v) is 12.9. The maximum absolute atomic E-state index is 12.4. The quantitative estimate of drug-likeness (QED) is 0.102. The smallest absolute Gasteiger partial charge is 0.302 e. The number of aliphatic hydroxyl groups is 5. The fourth-order valence-corrected chi connectivity index (χ4v) is 4.33. The lowest BCUT2D eigenvalue weighted by Gasteiger charge is -2.42. The van der Waals surface area contributed by atoms with Crippen LogP contribution in [0.4, 0.5) is 0 Å². The van der Waals surface area contributed by atoms with Gasteiger partial charge in [0.15, 0.2) is 18.2 Å². The summed E-state index contributed by atoms with van der Waals surface area (Å²) in [7, 11) is 0. The molecule has 2 saturated heterocycles. The number of esters is 1. The van der Waals surface area contributed by atoms with E-state index in [-0.39, 0.29) is 22.8 Å². The number of allylic oxidation sites excluding steroid dienone is 1. The SMILES string of the molecule is CC(=O)OC[C@H]1O[C@@H](Oc2ccc(/C=C/C(=O)c3ccc(O)cc3O)cc2)[C@H](O[C@@H]2OC[C@](O)(CO)[C@H]2O)[C@@H](O)[C@@H]1O. The molecule has 14 heteroatoms. The highest BCUT2D eigenvalue weighted by atomic mass is 16.8. The van der Waals surface area contributed by atoms with E-state index in [0.717, 1.165) is 13.0 Å². The van der Waals surface area contributed by atoms with Gasteiger partial charge in [-0.15, -0.1) is 0 Å². The van der Waals surface area contributed by atoms with Gasteiger partial charge in [0.2, 0.25) is 6.29 Å². The third-order valence-electron chi connectivity index (χ3n) is 6.77. The van der Waals surface area contributed by atoms with Crippen LogP contribution in [0.2, 0.25) is 0 Å². The predicted molar refractivity (Wildman–Crippen MR) is 140 cm³/mol. The highest BCUT2D eigenvalue weighted by molar-refractivity contribution is 6.08. The Bertz CT molecular complexity index is 1280. The minimum absolute atomic E-state index is 0.00216. The molecule has 0 amide bonds. The number of ether oxygens (including phenoxy) is 5. The summed E-state index contributed by atoms with van der Waals surface area (Å²) in [5, 5.41) is 70.8. The second kappa shape index (κ2) is 13.1. The van der Waals surface area contributed by atoms with Crippen LogP contribution in [0.15, 0.2) is 48.5 Å². The van der Waals surface area contributed by atoms with E-state index in [4.69, 9.17) is 23.7 Å². The predicted octanol–water partition coefficient (Wildman–Crippen LogP) is -0.792. The van der Waals surface area contributed by atoms with Crippen molar-refractivity contribution in [2.45, 2.75) is 55.6 Å². The molecular formula is C28H32O14. The second-order valence-corrected chi connectivity index (χ2v) is 9.90. The number of hydrogen-bond donors (Lipinski definition) is 7. The van der Waals surface area contributed by atoms with Crippen molar-refractivity contribution in [3.8, 4) is 17.2 Å². The van der Waals surface area contributed by atoms with Crippen LogP contribution in [0, 0.1) is 0 Å². The topological polar surface area (TPSA) is 222 Å². The van der Waals surface area contributed by atoms with E-state index in [1.165, 1.54) is 36.4 Å². The summed E-state index contributed by atoms with van der Waals surface area (Å²) in [6.45, 7) is -0.551. The third-order valence-corrected chi connectivity index (χ3v) is 6.77. The molecule has 2 aromatic carbocycles. The summed E-state index contributed by atoms with van der Waals surface area (Å²) in [6.07, 6.45) is -7.95. The van der Waals surface area contributed by atoms with Gasteiger partial charge in [-0.2, -0.15) is 0 Å². The van der Waals surface area contributed by atoms with Gasteiger partial charge < -0.3 is 59.4 Å². The van der Waals surface area contributed by atoms with Gasteiger partial charge in [0.05, 0.1) is 18.8 Å². The maximum atomic E-state index is 12.4. The third kappa shape index (κ3) is 7.06. The molecule has 4 rings (SSSR count). The average Bonchev–Trinajstić information content (AvgIpc) is 3.24. The molecular weight excluding hydrogens is 560 g/mol. The molecule has 0 bridgehead atoms. The molecule has 0 aromatic heterocycles. The molecule has 42 heavy (non-hydrogen) atoms. The molecule has 2 fully saturated rings. The van der Waals surface area contributed by atoms with E-state index in [1.807, 2.05) is 0 Å². The van der Waals surface area contributed by atoms with Crippen LogP contribution in [-0.2, 0) is 23.7 Å². The summed E-state index contributed by atoms with van der Waals surface area (Å²) in [6, 6.07) is 9.80. The van der Waals surface area contributed by atoms with Crippen molar-refractivity contribution in [2.75, 3.05) is 19.8 Å². The number of aliphatic hydroxyl groups excluding tert-OH is 4. The molecule has 0 unspecified atom stereocenters. The zero-order valence-corrected chi connectivity index (χ0v) is 22.3. The molecule has 2 aliphatic rings. The number of phenolic OH excluding ortho intramolecular Hbond substituents is 2. The van der Waals surface area contributed by atoms with Gasteiger partial charge in [0.25, 0.3) is 0 Å². The van der Waals surface area contributed by atoms with Crippen molar-refractivity contribution in [2.24, 2.45) is 0 Å². The standard InChI is InChI=1S/C28H32O14/c1-14(30)38-11-21-22(34)23(35)24(42-27-25(36)28(37,12-29)13-39-27)26(41-21)40-17-6-2-15(3-7-17)4-9-19(32)18-8-5-16(31)10-20(18)33/h2-10,21-27,29,31,33-37H,11-13H2,1H3/b9-4+/t21-,22-,23+,24-,25+,26-,27+,28-/m1/s1. The summed E-state index contributed by atoms with van der Waals surface area (Å²) in [4.78, 5) is 23.7. The molecule has 0 spiro atoms. The molecule has 8 atom stereocenters. The van der Waals surface area contributed by atoms with Crippen LogP contribution in [0.5, 0.6) is 17.2 Å². The van der Waals surface area contributed by atoms with Crippen molar-refractivity contribution in [1.82, 2.24) is 0 Å². The monoisotopic (exact) mass is 592 g/mol. The Balaban J connectivity index is 1.49. The number of aromatic hydroxyl groups is 2. The molecule has 14 nitrogen and oxygen atoms in total. The van der Waals surface area contributed by atoms with Gasteiger partial charge in [-0.05, 0) is 35.9 Å². The Morgan fingerprint density at radius 1 is 1.05 bits per heavy atom. The Morgan fingerprint density at radius 2 is 1.76 bits per heavy atom. The number of carbonyl (C=O) groups excluding carboxylic acids is 2. The highest BCUT2D eigenvalue weighted by Gasteiger charge is 2.53. The van der Waals surface area contributed by atoms with Crippen LogP contribution < -0.4 is 4.74 Å². The van der Waals surface area contributed by atoms with E-state index in [9.17, 15) is 45.3 Å². The van der Waals surface area contributed by atoms with Crippen LogP contribution >= 0.6 is 0 Å². The number of benzene rings is 2. The van der Waals surface area contributed by atoms with Crippen LogP contribution in [-0.4, -0.2) is 116 Å². The fourth-order valence-electron chi connectivity index (χ4n) is 4.33. The van der Waals surface area contributed by atoms with Crippen molar-refractivity contribution in [3.63, 3.8) is 0 Å². The van der Waals surface area contributed by atoms with Crippen LogP contribution in [0.25, 0.3) is 6.08 Å². The normalized spacial score (nSPS) is 31.2. The van der Waals surface area contributed by atoms with Crippen molar-refractivity contribution < 1.29 is 69.0 Å².